The van der Waals surface area contributed by atoms with E-state index in [1.807, 2.05) is 37.3 Å². The zero-order valence-electron chi connectivity index (χ0n) is 15.8. The van der Waals surface area contributed by atoms with Crippen molar-refractivity contribution in [1.82, 2.24) is 9.13 Å². The van der Waals surface area contributed by atoms with Crippen molar-refractivity contribution in [3.05, 3.63) is 92.3 Å². The number of carbonyl (C=O) groups excluding carboxylic acids is 1. The van der Waals surface area contributed by atoms with Crippen molar-refractivity contribution in [2.45, 2.75) is 13.1 Å². The molecule has 1 unspecified atom stereocenters. The SMILES string of the molecule is Cc1cccc(N2C(=O)c3ccccc3NC2c2cn(C)c(=O)n(C)c2=O)c1. The lowest BCUT2D eigenvalue weighted by atomic mass is 10.0. The molecule has 142 valence electrons. The van der Waals surface area contributed by atoms with E-state index in [2.05, 4.69) is 5.32 Å². The van der Waals surface area contributed by atoms with Crippen molar-refractivity contribution in [3.8, 4) is 0 Å². The van der Waals surface area contributed by atoms with Gasteiger partial charge in [0.15, 0.2) is 0 Å². The van der Waals surface area contributed by atoms with Crippen molar-refractivity contribution in [3.63, 3.8) is 0 Å². The fraction of sp³-hybridized carbons (Fsp3) is 0.190. The first-order chi connectivity index (χ1) is 13.4. The molecule has 4 rings (SSSR count). The highest BCUT2D eigenvalue weighted by Gasteiger charge is 2.36. The molecular weight excluding hydrogens is 356 g/mol. The smallest absolute Gasteiger partial charge is 0.330 e. The molecule has 0 fully saturated rings. The summed E-state index contributed by atoms with van der Waals surface area (Å²) < 4.78 is 2.40. The first kappa shape index (κ1) is 17.8. The Balaban J connectivity index is 1.97. The zero-order chi connectivity index (χ0) is 20.0. The summed E-state index contributed by atoms with van der Waals surface area (Å²) >= 11 is 0. The molecule has 0 bridgehead atoms. The molecule has 3 aromatic rings. The van der Waals surface area contributed by atoms with Crippen LogP contribution in [0.4, 0.5) is 11.4 Å². The van der Waals surface area contributed by atoms with E-state index in [1.54, 1.807) is 30.1 Å². The third-order valence-electron chi connectivity index (χ3n) is 4.97. The van der Waals surface area contributed by atoms with E-state index in [-0.39, 0.29) is 5.91 Å². The Hall–Kier alpha value is -3.61. The molecule has 0 saturated carbocycles. The van der Waals surface area contributed by atoms with Gasteiger partial charge in [-0.05, 0) is 36.8 Å². The molecule has 1 N–H and O–H groups in total. The van der Waals surface area contributed by atoms with Crippen molar-refractivity contribution < 1.29 is 4.79 Å². The van der Waals surface area contributed by atoms with Gasteiger partial charge in [0.25, 0.3) is 11.5 Å². The van der Waals surface area contributed by atoms with E-state index in [9.17, 15) is 14.4 Å². The Kier molecular flexibility index (Phi) is 4.15. The zero-order valence-corrected chi connectivity index (χ0v) is 15.8. The molecule has 1 atom stereocenters. The van der Waals surface area contributed by atoms with Crippen LogP contribution in [0.15, 0.2) is 64.3 Å². The fourth-order valence-corrected chi connectivity index (χ4v) is 3.54. The van der Waals surface area contributed by atoms with Gasteiger partial charge in [0.1, 0.15) is 6.17 Å². The summed E-state index contributed by atoms with van der Waals surface area (Å²) in [5, 5.41) is 3.30. The summed E-state index contributed by atoms with van der Waals surface area (Å²) in [4.78, 5) is 39.9. The highest BCUT2D eigenvalue weighted by atomic mass is 16.2. The van der Waals surface area contributed by atoms with Crippen LogP contribution < -0.4 is 21.5 Å². The number of hydrogen-bond donors (Lipinski definition) is 1. The molecule has 1 amide bonds. The summed E-state index contributed by atoms with van der Waals surface area (Å²) in [6.07, 6.45) is 0.751. The Morgan fingerprint density at radius 3 is 2.46 bits per heavy atom. The van der Waals surface area contributed by atoms with Crippen molar-refractivity contribution >= 4 is 17.3 Å². The fourth-order valence-electron chi connectivity index (χ4n) is 3.54. The van der Waals surface area contributed by atoms with E-state index in [0.717, 1.165) is 10.1 Å². The largest absolute Gasteiger partial charge is 0.360 e. The first-order valence-corrected chi connectivity index (χ1v) is 8.91. The number of amides is 1. The van der Waals surface area contributed by atoms with Crippen LogP contribution >= 0.6 is 0 Å². The summed E-state index contributed by atoms with van der Waals surface area (Å²) in [5.74, 6) is -0.208. The Bertz CT molecular complexity index is 1210. The second-order valence-electron chi connectivity index (χ2n) is 6.95. The molecule has 1 aromatic heterocycles. The van der Waals surface area contributed by atoms with E-state index in [1.165, 1.54) is 17.8 Å². The molecule has 1 aliphatic heterocycles. The van der Waals surface area contributed by atoms with Gasteiger partial charge in [-0.2, -0.15) is 0 Å². The molecule has 28 heavy (non-hydrogen) atoms. The van der Waals surface area contributed by atoms with Gasteiger partial charge in [0, 0.05) is 31.7 Å². The number of para-hydroxylation sites is 1. The number of benzene rings is 2. The van der Waals surface area contributed by atoms with Crippen LogP contribution in [-0.2, 0) is 14.1 Å². The molecule has 0 radical (unpaired) electrons. The summed E-state index contributed by atoms with van der Waals surface area (Å²) in [6, 6.07) is 14.7. The average molecular weight is 376 g/mol. The Morgan fingerprint density at radius 1 is 0.964 bits per heavy atom. The van der Waals surface area contributed by atoms with Gasteiger partial charge in [-0.1, -0.05) is 24.3 Å². The van der Waals surface area contributed by atoms with Crippen LogP contribution in [0.5, 0.6) is 0 Å². The number of nitrogens with one attached hydrogen (secondary N) is 1. The van der Waals surface area contributed by atoms with Crippen LogP contribution in [0.2, 0.25) is 0 Å². The van der Waals surface area contributed by atoms with Crippen LogP contribution in [-0.4, -0.2) is 15.0 Å². The lowest BCUT2D eigenvalue weighted by Gasteiger charge is -2.38. The maximum Gasteiger partial charge on any atom is 0.330 e. The van der Waals surface area contributed by atoms with Crippen LogP contribution in [0.3, 0.4) is 0 Å². The van der Waals surface area contributed by atoms with Gasteiger partial charge >= 0.3 is 5.69 Å². The van der Waals surface area contributed by atoms with E-state index >= 15 is 0 Å². The van der Waals surface area contributed by atoms with Crippen molar-refractivity contribution in [2.75, 3.05) is 10.2 Å². The van der Waals surface area contributed by atoms with E-state index < -0.39 is 17.4 Å². The number of carbonyl (C=O) groups is 1. The minimum absolute atomic E-state index is 0.208. The predicted molar refractivity (Wildman–Crippen MR) is 108 cm³/mol. The highest BCUT2D eigenvalue weighted by Crippen LogP contribution is 2.35. The topological polar surface area (TPSA) is 76.3 Å². The second kappa shape index (κ2) is 6.53. The number of aromatic nitrogens is 2. The monoisotopic (exact) mass is 376 g/mol. The second-order valence-corrected chi connectivity index (χ2v) is 6.95. The summed E-state index contributed by atoms with van der Waals surface area (Å²) in [6.45, 7) is 1.94. The van der Waals surface area contributed by atoms with Gasteiger partial charge in [-0.3, -0.25) is 19.1 Å². The molecular formula is C21H20N4O3. The maximum atomic E-state index is 13.4. The molecule has 7 nitrogen and oxygen atoms in total. The van der Waals surface area contributed by atoms with Crippen molar-refractivity contribution in [1.29, 1.82) is 0 Å². The number of anilines is 2. The molecule has 0 saturated heterocycles. The van der Waals surface area contributed by atoms with Gasteiger partial charge in [-0.15, -0.1) is 0 Å². The average Bonchev–Trinajstić information content (AvgIpc) is 2.69. The third-order valence-corrected chi connectivity index (χ3v) is 4.97. The standard InChI is InChI=1S/C21H20N4O3/c1-13-7-6-8-14(11-13)25-18(16-12-23(2)21(28)24(3)19(16)26)22-17-10-5-4-9-15(17)20(25)27/h4-12,18,22H,1-3H3. The maximum absolute atomic E-state index is 13.4. The molecule has 2 aromatic carbocycles. The lowest BCUT2D eigenvalue weighted by molar-refractivity contribution is 0.0974. The molecule has 0 spiro atoms. The molecule has 2 heterocycles. The summed E-state index contributed by atoms with van der Waals surface area (Å²) in [7, 11) is 3.02. The Labute approximate surface area is 161 Å². The van der Waals surface area contributed by atoms with E-state index in [0.29, 0.717) is 22.5 Å². The van der Waals surface area contributed by atoms with Gasteiger partial charge < -0.3 is 9.88 Å². The van der Waals surface area contributed by atoms with Crippen molar-refractivity contribution in [2.24, 2.45) is 14.1 Å². The molecule has 0 aliphatic carbocycles. The van der Waals surface area contributed by atoms with Crippen LogP contribution in [0.25, 0.3) is 0 Å². The van der Waals surface area contributed by atoms with E-state index in [4.69, 9.17) is 0 Å². The number of fused-ring (bicyclic) bond motifs is 1. The normalized spacial score (nSPS) is 15.9. The minimum Gasteiger partial charge on any atom is -0.360 e. The highest BCUT2D eigenvalue weighted by molar-refractivity contribution is 6.12. The predicted octanol–water partition coefficient (Wildman–Crippen LogP) is 2.16. The van der Waals surface area contributed by atoms with Crippen LogP contribution in [0.1, 0.15) is 27.7 Å². The lowest BCUT2D eigenvalue weighted by Crippen LogP contribution is -2.48. The van der Waals surface area contributed by atoms with Gasteiger partial charge in [-0.25, -0.2) is 4.79 Å². The Morgan fingerprint density at radius 2 is 1.71 bits per heavy atom. The van der Waals surface area contributed by atoms with Gasteiger partial charge in [0.05, 0.1) is 11.1 Å². The first-order valence-electron chi connectivity index (χ1n) is 8.91. The number of rotatable bonds is 2. The number of aryl methyl sites for hydroxylation is 2. The quantitative estimate of drug-likeness (QED) is 0.744. The third kappa shape index (κ3) is 2.72. The summed E-state index contributed by atoms with van der Waals surface area (Å²) in [5.41, 5.74) is 2.31. The number of hydrogen-bond acceptors (Lipinski definition) is 4. The molecule has 7 heteroatoms. The number of nitrogens with zero attached hydrogens (tertiary/aromatic N) is 3. The van der Waals surface area contributed by atoms with Crippen LogP contribution in [0, 0.1) is 6.92 Å². The minimum atomic E-state index is -0.741. The van der Waals surface area contributed by atoms with Gasteiger partial charge in [0.2, 0.25) is 0 Å². The molecule has 1 aliphatic rings.